The van der Waals surface area contributed by atoms with Crippen LogP contribution < -0.4 is 0 Å². The maximum absolute atomic E-state index is 11.3. The van der Waals surface area contributed by atoms with Gasteiger partial charge in [0.2, 0.25) is 5.91 Å². The summed E-state index contributed by atoms with van der Waals surface area (Å²) in [6.45, 7) is 4.06. The lowest BCUT2D eigenvalue weighted by Crippen LogP contribution is -2.22. The van der Waals surface area contributed by atoms with Crippen LogP contribution in [0, 0.1) is 5.92 Å². The van der Waals surface area contributed by atoms with Crippen molar-refractivity contribution in [1.82, 2.24) is 4.90 Å². The largest absolute Gasteiger partial charge is 0.481 e. The molecule has 0 spiro atoms. The van der Waals surface area contributed by atoms with Gasteiger partial charge in [0.1, 0.15) is 0 Å². The van der Waals surface area contributed by atoms with Crippen LogP contribution >= 0.6 is 0 Å². The molecular weight excluding hydrogens is 158 g/mol. The highest BCUT2D eigenvalue weighted by molar-refractivity contribution is 5.85. The molecule has 1 heterocycles. The third-order valence-corrected chi connectivity index (χ3v) is 1.99. The van der Waals surface area contributed by atoms with E-state index in [1.807, 2.05) is 0 Å². The van der Waals surface area contributed by atoms with E-state index in [1.165, 1.54) is 11.1 Å². The molecule has 1 aliphatic rings. The second-order valence-corrected chi connectivity index (χ2v) is 2.80. The van der Waals surface area contributed by atoms with E-state index in [0.717, 1.165) is 0 Å². The molecule has 1 fully saturated rings. The Kier molecular flexibility index (Phi) is 2.47. The molecule has 0 radical (unpaired) electrons. The van der Waals surface area contributed by atoms with Crippen molar-refractivity contribution in [2.24, 2.45) is 5.92 Å². The molecule has 1 rings (SSSR count). The second-order valence-electron chi connectivity index (χ2n) is 2.80. The van der Waals surface area contributed by atoms with Gasteiger partial charge in [-0.2, -0.15) is 0 Å². The molecule has 0 aliphatic carbocycles. The number of likely N-dealkylation sites (tertiary alicyclic amines) is 1. The zero-order valence-corrected chi connectivity index (χ0v) is 6.69. The number of carboxylic acids is 1. The van der Waals surface area contributed by atoms with Crippen LogP contribution in [0.2, 0.25) is 0 Å². The highest BCUT2D eigenvalue weighted by Crippen LogP contribution is 2.20. The summed E-state index contributed by atoms with van der Waals surface area (Å²) in [6.07, 6.45) is 2.00. The number of carbonyl (C=O) groups excluding carboxylic acids is 1. The Hall–Kier alpha value is -1.32. The highest BCUT2D eigenvalue weighted by Gasteiger charge is 2.31. The van der Waals surface area contributed by atoms with Gasteiger partial charge < -0.3 is 10.0 Å². The molecule has 0 saturated carbocycles. The topological polar surface area (TPSA) is 57.6 Å². The summed E-state index contributed by atoms with van der Waals surface area (Å²) >= 11 is 0. The number of aliphatic carboxylic acids is 1. The lowest BCUT2D eigenvalue weighted by molar-refractivity contribution is -0.141. The predicted octanol–water partition coefficient (Wildman–Crippen LogP) is 0.453. The Morgan fingerprint density at radius 1 is 1.83 bits per heavy atom. The van der Waals surface area contributed by atoms with Crippen molar-refractivity contribution in [3.8, 4) is 0 Å². The SMILES string of the molecule is C=CN1CCC(CC(=O)O)C1=O. The van der Waals surface area contributed by atoms with Gasteiger partial charge in [-0.05, 0) is 12.6 Å². The number of hydrogen-bond acceptors (Lipinski definition) is 2. The first-order valence-corrected chi connectivity index (χ1v) is 3.80. The molecule has 1 N–H and O–H groups in total. The van der Waals surface area contributed by atoms with E-state index in [0.29, 0.717) is 13.0 Å². The zero-order valence-electron chi connectivity index (χ0n) is 6.69. The fourth-order valence-corrected chi connectivity index (χ4v) is 1.34. The van der Waals surface area contributed by atoms with Crippen LogP contribution in [0.15, 0.2) is 12.8 Å². The van der Waals surface area contributed by atoms with Crippen LogP contribution in [-0.4, -0.2) is 28.4 Å². The Morgan fingerprint density at radius 2 is 2.50 bits per heavy atom. The maximum atomic E-state index is 11.3. The third kappa shape index (κ3) is 1.64. The monoisotopic (exact) mass is 169 g/mol. The van der Waals surface area contributed by atoms with Gasteiger partial charge in [0, 0.05) is 6.54 Å². The van der Waals surface area contributed by atoms with E-state index in [1.54, 1.807) is 0 Å². The molecule has 1 unspecified atom stereocenters. The van der Waals surface area contributed by atoms with Gasteiger partial charge in [0.15, 0.2) is 0 Å². The van der Waals surface area contributed by atoms with Gasteiger partial charge in [-0.15, -0.1) is 0 Å². The third-order valence-electron chi connectivity index (χ3n) is 1.99. The van der Waals surface area contributed by atoms with Crippen LogP contribution in [-0.2, 0) is 9.59 Å². The molecule has 0 aromatic heterocycles. The first-order valence-electron chi connectivity index (χ1n) is 3.80. The average molecular weight is 169 g/mol. The van der Waals surface area contributed by atoms with Gasteiger partial charge in [-0.25, -0.2) is 0 Å². The summed E-state index contributed by atoms with van der Waals surface area (Å²) in [4.78, 5) is 23.0. The fraction of sp³-hybridized carbons (Fsp3) is 0.500. The van der Waals surface area contributed by atoms with Crippen LogP contribution in [0.4, 0.5) is 0 Å². The lowest BCUT2D eigenvalue weighted by atomic mass is 10.0. The Bertz CT molecular complexity index is 224. The Balaban J connectivity index is 2.54. The molecular formula is C8H11NO3. The lowest BCUT2D eigenvalue weighted by Gasteiger charge is -2.08. The zero-order chi connectivity index (χ0) is 9.14. The van der Waals surface area contributed by atoms with Crippen molar-refractivity contribution in [2.75, 3.05) is 6.54 Å². The summed E-state index contributed by atoms with van der Waals surface area (Å²) in [5.74, 6) is -1.38. The molecule has 1 aliphatic heterocycles. The Labute approximate surface area is 70.5 Å². The van der Waals surface area contributed by atoms with Gasteiger partial charge in [0.25, 0.3) is 0 Å². The molecule has 0 bridgehead atoms. The van der Waals surface area contributed by atoms with Crippen LogP contribution in [0.5, 0.6) is 0 Å². The van der Waals surface area contributed by atoms with Crippen LogP contribution in [0.25, 0.3) is 0 Å². The average Bonchev–Trinajstić information content (AvgIpc) is 2.32. The van der Waals surface area contributed by atoms with E-state index in [2.05, 4.69) is 6.58 Å². The molecule has 12 heavy (non-hydrogen) atoms. The number of rotatable bonds is 3. The number of carbonyl (C=O) groups is 2. The van der Waals surface area contributed by atoms with Gasteiger partial charge in [0.05, 0.1) is 12.3 Å². The van der Waals surface area contributed by atoms with E-state index in [4.69, 9.17) is 5.11 Å². The van der Waals surface area contributed by atoms with Crippen molar-refractivity contribution >= 4 is 11.9 Å². The molecule has 4 heteroatoms. The first-order chi connectivity index (χ1) is 5.65. The summed E-state index contributed by atoms with van der Waals surface area (Å²) in [6, 6.07) is 0. The molecule has 1 saturated heterocycles. The highest BCUT2D eigenvalue weighted by atomic mass is 16.4. The first kappa shape index (κ1) is 8.77. The summed E-state index contributed by atoms with van der Waals surface area (Å²) in [5.41, 5.74) is 0. The minimum Gasteiger partial charge on any atom is -0.481 e. The van der Waals surface area contributed by atoms with Crippen molar-refractivity contribution in [1.29, 1.82) is 0 Å². The number of hydrogen-bond donors (Lipinski definition) is 1. The molecule has 1 amide bonds. The predicted molar refractivity (Wildman–Crippen MR) is 42.3 cm³/mol. The number of carboxylic acid groups (broad SMARTS) is 1. The van der Waals surface area contributed by atoms with E-state index in [9.17, 15) is 9.59 Å². The molecule has 1 atom stereocenters. The molecule has 0 aromatic carbocycles. The van der Waals surface area contributed by atoms with Gasteiger partial charge in [-0.3, -0.25) is 9.59 Å². The number of amides is 1. The minimum absolute atomic E-state index is 0.0663. The van der Waals surface area contributed by atoms with E-state index >= 15 is 0 Å². The van der Waals surface area contributed by atoms with E-state index in [-0.39, 0.29) is 18.2 Å². The van der Waals surface area contributed by atoms with Crippen LogP contribution in [0.3, 0.4) is 0 Å². The maximum Gasteiger partial charge on any atom is 0.304 e. The minimum atomic E-state index is -0.917. The summed E-state index contributed by atoms with van der Waals surface area (Å²) in [7, 11) is 0. The molecule has 0 aromatic rings. The van der Waals surface area contributed by atoms with Crippen LogP contribution in [0.1, 0.15) is 12.8 Å². The molecule has 66 valence electrons. The van der Waals surface area contributed by atoms with Crippen molar-refractivity contribution in [2.45, 2.75) is 12.8 Å². The number of nitrogens with zero attached hydrogens (tertiary/aromatic N) is 1. The Morgan fingerprint density at radius 3 is 2.92 bits per heavy atom. The normalized spacial score (nSPS) is 22.8. The van der Waals surface area contributed by atoms with Crippen molar-refractivity contribution < 1.29 is 14.7 Å². The smallest absolute Gasteiger partial charge is 0.304 e. The quantitative estimate of drug-likeness (QED) is 0.667. The fourth-order valence-electron chi connectivity index (χ4n) is 1.34. The summed E-state index contributed by atoms with van der Waals surface area (Å²) < 4.78 is 0. The standard InChI is InChI=1S/C8H11NO3/c1-2-9-4-3-6(8(9)12)5-7(10)11/h2,6H,1,3-5H2,(H,10,11). The van der Waals surface area contributed by atoms with Crippen molar-refractivity contribution in [3.05, 3.63) is 12.8 Å². The second kappa shape index (κ2) is 3.38. The van der Waals surface area contributed by atoms with Gasteiger partial charge >= 0.3 is 5.97 Å². The van der Waals surface area contributed by atoms with Gasteiger partial charge in [-0.1, -0.05) is 6.58 Å². The summed E-state index contributed by atoms with van der Waals surface area (Å²) in [5, 5.41) is 8.45. The van der Waals surface area contributed by atoms with Crippen molar-refractivity contribution in [3.63, 3.8) is 0 Å². The van der Waals surface area contributed by atoms with E-state index < -0.39 is 5.97 Å². The molecule has 4 nitrogen and oxygen atoms in total.